The third-order valence-electron chi connectivity index (χ3n) is 2.60. The van der Waals surface area contributed by atoms with Gasteiger partial charge in [0.15, 0.2) is 11.8 Å². The Morgan fingerprint density at radius 2 is 1.93 bits per heavy atom. The van der Waals surface area contributed by atoms with Gasteiger partial charge in [0, 0.05) is 5.92 Å². The maximum Gasteiger partial charge on any atom is 0.330 e. The number of rotatable bonds is 4. The molecule has 0 aromatic carbocycles. The highest BCUT2D eigenvalue weighted by Crippen LogP contribution is 2.26. The molecule has 0 saturated heterocycles. The van der Waals surface area contributed by atoms with Crippen molar-refractivity contribution in [1.29, 1.82) is 0 Å². The topological polar surface area (TPSA) is 69.4 Å². The quantitative estimate of drug-likeness (QED) is 0.584. The molecule has 4 nitrogen and oxygen atoms in total. The molecule has 0 heterocycles. The number of ketones is 1. The standard InChI is InChI=1S/C10H17NO3.ClH/c1-2-14-10(13)8(11)9(12)7-5-3-4-6-7;/h7-8H,2-6,11H2,1H3;1H. The number of ether oxygens (including phenoxy) is 1. The van der Waals surface area contributed by atoms with Crippen molar-refractivity contribution in [3.8, 4) is 0 Å². The minimum Gasteiger partial charge on any atom is -0.464 e. The molecule has 1 saturated carbocycles. The molecule has 1 atom stereocenters. The lowest BCUT2D eigenvalue weighted by Gasteiger charge is -2.13. The summed E-state index contributed by atoms with van der Waals surface area (Å²) in [5.74, 6) is -0.764. The molecule has 1 rings (SSSR count). The average molecular weight is 236 g/mol. The second-order valence-electron chi connectivity index (χ2n) is 3.61. The van der Waals surface area contributed by atoms with Crippen molar-refractivity contribution in [2.24, 2.45) is 11.7 Å². The minimum absolute atomic E-state index is 0. The zero-order valence-electron chi connectivity index (χ0n) is 8.90. The molecule has 0 spiro atoms. The number of carbonyl (C=O) groups is 2. The van der Waals surface area contributed by atoms with Gasteiger partial charge in [-0.25, -0.2) is 4.79 Å². The van der Waals surface area contributed by atoms with E-state index >= 15 is 0 Å². The summed E-state index contributed by atoms with van der Waals surface area (Å²) in [6, 6.07) is -1.07. The van der Waals surface area contributed by atoms with Gasteiger partial charge in [0.05, 0.1) is 6.61 Å². The molecule has 1 aliphatic rings. The first-order valence-electron chi connectivity index (χ1n) is 5.12. The van der Waals surface area contributed by atoms with Crippen LogP contribution >= 0.6 is 12.4 Å². The van der Waals surface area contributed by atoms with E-state index in [4.69, 9.17) is 10.5 Å². The normalized spacial score (nSPS) is 18.0. The summed E-state index contributed by atoms with van der Waals surface area (Å²) in [5.41, 5.74) is 5.50. The van der Waals surface area contributed by atoms with Crippen LogP contribution in [0.25, 0.3) is 0 Å². The Kier molecular flexibility index (Phi) is 6.52. The summed E-state index contributed by atoms with van der Waals surface area (Å²) in [6.07, 6.45) is 3.86. The van der Waals surface area contributed by atoms with Gasteiger partial charge < -0.3 is 10.5 Å². The van der Waals surface area contributed by atoms with Crippen LogP contribution in [0.2, 0.25) is 0 Å². The largest absolute Gasteiger partial charge is 0.464 e. The number of nitrogens with two attached hydrogens (primary N) is 1. The van der Waals surface area contributed by atoms with Crippen LogP contribution in [0.4, 0.5) is 0 Å². The summed E-state index contributed by atoms with van der Waals surface area (Å²) < 4.78 is 4.70. The van der Waals surface area contributed by atoms with E-state index in [1.807, 2.05) is 0 Å². The second-order valence-corrected chi connectivity index (χ2v) is 3.61. The summed E-state index contributed by atoms with van der Waals surface area (Å²) >= 11 is 0. The van der Waals surface area contributed by atoms with Crippen molar-refractivity contribution in [3.05, 3.63) is 0 Å². The molecule has 0 radical (unpaired) electrons. The predicted octanol–water partition coefficient (Wildman–Crippen LogP) is 1.06. The lowest BCUT2D eigenvalue weighted by molar-refractivity contribution is -0.148. The van der Waals surface area contributed by atoms with E-state index in [1.54, 1.807) is 6.92 Å². The van der Waals surface area contributed by atoms with E-state index in [1.165, 1.54) is 0 Å². The monoisotopic (exact) mass is 235 g/mol. The van der Waals surface area contributed by atoms with Gasteiger partial charge in [-0.05, 0) is 19.8 Å². The van der Waals surface area contributed by atoms with Crippen LogP contribution in [-0.4, -0.2) is 24.4 Å². The first-order valence-corrected chi connectivity index (χ1v) is 5.12. The van der Waals surface area contributed by atoms with Crippen molar-refractivity contribution in [3.63, 3.8) is 0 Å². The number of carbonyl (C=O) groups excluding carboxylic acids is 2. The van der Waals surface area contributed by atoms with Gasteiger partial charge in [-0.15, -0.1) is 12.4 Å². The smallest absolute Gasteiger partial charge is 0.330 e. The number of Topliss-reactive ketones (excluding diaryl/α,β-unsaturated/α-hetero) is 1. The van der Waals surface area contributed by atoms with E-state index in [0.717, 1.165) is 25.7 Å². The fourth-order valence-electron chi connectivity index (χ4n) is 1.81. The van der Waals surface area contributed by atoms with Gasteiger partial charge in [-0.3, -0.25) is 4.79 Å². The van der Waals surface area contributed by atoms with Crippen LogP contribution in [0.1, 0.15) is 32.6 Å². The molecule has 5 heteroatoms. The van der Waals surface area contributed by atoms with Gasteiger partial charge in [-0.2, -0.15) is 0 Å². The zero-order chi connectivity index (χ0) is 10.6. The van der Waals surface area contributed by atoms with Gasteiger partial charge in [0.2, 0.25) is 0 Å². The average Bonchev–Trinajstić information content (AvgIpc) is 2.68. The molecule has 0 aliphatic heterocycles. The molecule has 1 aliphatic carbocycles. The molecule has 88 valence electrons. The maximum atomic E-state index is 11.6. The minimum atomic E-state index is -1.07. The Hall–Kier alpha value is -0.610. The van der Waals surface area contributed by atoms with Crippen LogP contribution in [0.5, 0.6) is 0 Å². The lowest BCUT2D eigenvalue weighted by atomic mass is 9.97. The Morgan fingerprint density at radius 3 is 2.40 bits per heavy atom. The van der Waals surface area contributed by atoms with E-state index in [-0.39, 0.29) is 30.7 Å². The van der Waals surface area contributed by atoms with Gasteiger partial charge in [0.25, 0.3) is 0 Å². The summed E-state index contributed by atoms with van der Waals surface area (Å²) in [4.78, 5) is 22.8. The molecule has 0 bridgehead atoms. The molecule has 1 unspecified atom stereocenters. The molecular formula is C10H18ClNO3. The van der Waals surface area contributed by atoms with E-state index in [0.29, 0.717) is 0 Å². The van der Waals surface area contributed by atoms with Crippen LogP contribution in [-0.2, 0) is 14.3 Å². The number of esters is 1. The Labute approximate surface area is 95.9 Å². The van der Waals surface area contributed by atoms with Crippen molar-refractivity contribution in [2.45, 2.75) is 38.6 Å². The number of halogens is 1. The van der Waals surface area contributed by atoms with Gasteiger partial charge in [-0.1, -0.05) is 12.8 Å². The summed E-state index contributed by atoms with van der Waals surface area (Å²) in [6.45, 7) is 1.97. The molecule has 1 fully saturated rings. The van der Waals surface area contributed by atoms with Gasteiger partial charge >= 0.3 is 5.97 Å². The fourth-order valence-corrected chi connectivity index (χ4v) is 1.81. The molecule has 0 aromatic heterocycles. The van der Waals surface area contributed by atoms with Crippen molar-refractivity contribution in [2.75, 3.05) is 6.61 Å². The molecular weight excluding hydrogens is 218 g/mol. The van der Waals surface area contributed by atoms with E-state index in [2.05, 4.69) is 0 Å². The van der Waals surface area contributed by atoms with Crippen LogP contribution < -0.4 is 5.73 Å². The summed E-state index contributed by atoms with van der Waals surface area (Å²) in [7, 11) is 0. The molecule has 15 heavy (non-hydrogen) atoms. The third-order valence-corrected chi connectivity index (χ3v) is 2.60. The predicted molar refractivity (Wildman–Crippen MR) is 58.8 cm³/mol. The van der Waals surface area contributed by atoms with Crippen molar-refractivity contribution >= 4 is 24.2 Å². The number of hydrogen-bond donors (Lipinski definition) is 1. The van der Waals surface area contributed by atoms with Crippen LogP contribution in [0, 0.1) is 5.92 Å². The highest BCUT2D eigenvalue weighted by atomic mass is 35.5. The molecule has 0 aromatic rings. The highest BCUT2D eigenvalue weighted by Gasteiger charge is 2.31. The first kappa shape index (κ1) is 14.4. The van der Waals surface area contributed by atoms with E-state index < -0.39 is 12.0 Å². The SMILES string of the molecule is CCOC(=O)C(N)C(=O)C1CCCC1.Cl. The Balaban J connectivity index is 0.00000196. The van der Waals surface area contributed by atoms with Gasteiger partial charge in [0.1, 0.15) is 0 Å². The Morgan fingerprint density at radius 1 is 1.40 bits per heavy atom. The number of hydrogen-bond acceptors (Lipinski definition) is 4. The lowest BCUT2D eigenvalue weighted by Crippen LogP contribution is -2.42. The fraction of sp³-hybridized carbons (Fsp3) is 0.800. The maximum absolute atomic E-state index is 11.6. The molecule has 2 N–H and O–H groups in total. The second kappa shape index (κ2) is 6.80. The van der Waals surface area contributed by atoms with E-state index in [9.17, 15) is 9.59 Å². The van der Waals surface area contributed by atoms with Crippen LogP contribution in [0.15, 0.2) is 0 Å². The highest BCUT2D eigenvalue weighted by molar-refractivity contribution is 6.03. The Bertz CT molecular complexity index is 227. The summed E-state index contributed by atoms with van der Waals surface area (Å²) in [5, 5.41) is 0. The molecule has 0 amide bonds. The van der Waals surface area contributed by atoms with Crippen molar-refractivity contribution < 1.29 is 14.3 Å². The first-order chi connectivity index (χ1) is 6.66. The third kappa shape index (κ3) is 3.80. The van der Waals surface area contributed by atoms with Crippen molar-refractivity contribution in [1.82, 2.24) is 0 Å². The van der Waals surface area contributed by atoms with Crippen LogP contribution in [0.3, 0.4) is 0 Å². The zero-order valence-corrected chi connectivity index (χ0v) is 9.72.